The number of nitrogens with zero attached hydrogens (tertiary/aromatic N) is 1. The summed E-state index contributed by atoms with van der Waals surface area (Å²) in [5.74, 6) is -0.783. The fraction of sp³-hybridized carbons (Fsp3) is 0.222. The average Bonchev–Trinajstić information content (AvgIpc) is 3.05. The molecule has 122 valence electrons. The second kappa shape index (κ2) is 5.63. The minimum absolute atomic E-state index is 0.0253. The highest BCUT2D eigenvalue weighted by Gasteiger charge is 2.36. The molecular formula is C18H16FN3O2. The van der Waals surface area contributed by atoms with E-state index in [1.54, 1.807) is 18.2 Å². The first-order valence-corrected chi connectivity index (χ1v) is 7.90. The highest BCUT2D eigenvalue weighted by Crippen LogP contribution is 2.37. The third kappa shape index (κ3) is 2.50. The summed E-state index contributed by atoms with van der Waals surface area (Å²) in [6.45, 7) is 0.847. The number of carbonyl (C=O) groups is 2. The lowest BCUT2D eigenvalue weighted by molar-refractivity contribution is -0.117. The predicted octanol–water partition coefficient (Wildman–Crippen LogP) is 3.00. The van der Waals surface area contributed by atoms with Crippen molar-refractivity contribution in [2.24, 2.45) is 0 Å². The van der Waals surface area contributed by atoms with Crippen molar-refractivity contribution in [3.8, 4) is 0 Å². The normalized spacial score (nSPS) is 18.6. The first-order valence-electron chi connectivity index (χ1n) is 7.90. The van der Waals surface area contributed by atoms with E-state index in [0.717, 1.165) is 25.1 Å². The standard InChI is InChI=1S/C18H16FN3O2/c19-12-3-1-4-13(10-12)20-17(23)11-6-7-15-14(9-11)21-18(24)16-5-2-8-22(15)16/h1,3-4,6-7,9-10,16H,2,5,8H2,(H,20,23)(H,21,24)/t16-/m0/s1. The van der Waals surface area contributed by atoms with Crippen LogP contribution in [0.3, 0.4) is 0 Å². The maximum absolute atomic E-state index is 13.2. The summed E-state index contributed by atoms with van der Waals surface area (Å²) in [6, 6.07) is 10.9. The topological polar surface area (TPSA) is 61.4 Å². The second-order valence-corrected chi connectivity index (χ2v) is 6.04. The molecule has 0 aliphatic carbocycles. The Morgan fingerprint density at radius 1 is 1.25 bits per heavy atom. The van der Waals surface area contributed by atoms with Crippen molar-refractivity contribution >= 4 is 28.9 Å². The maximum atomic E-state index is 13.2. The Bertz CT molecular complexity index is 837. The van der Waals surface area contributed by atoms with Crippen LogP contribution in [0.5, 0.6) is 0 Å². The van der Waals surface area contributed by atoms with Crippen LogP contribution in [0.1, 0.15) is 23.2 Å². The molecule has 0 aromatic heterocycles. The summed E-state index contributed by atoms with van der Waals surface area (Å²) in [4.78, 5) is 26.6. The Hall–Kier alpha value is -2.89. The van der Waals surface area contributed by atoms with Gasteiger partial charge in [-0.25, -0.2) is 4.39 Å². The Morgan fingerprint density at radius 2 is 2.12 bits per heavy atom. The molecule has 2 aromatic carbocycles. The van der Waals surface area contributed by atoms with E-state index in [0.29, 0.717) is 16.9 Å². The zero-order chi connectivity index (χ0) is 16.7. The number of anilines is 3. The molecule has 1 fully saturated rings. The Labute approximate surface area is 138 Å². The minimum Gasteiger partial charge on any atom is -0.358 e. The van der Waals surface area contributed by atoms with Crippen molar-refractivity contribution in [1.82, 2.24) is 0 Å². The van der Waals surface area contributed by atoms with E-state index < -0.39 is 5.82 Å². The van der Waals surface area contributed by atoms with Gasteiger partial charge in [0.15, 0.2) is 0 Å². The van der Waals surface area contributed by atoms with Gasteiger partial charge in [-0.3, -0.25) is 9.59 Å². The van der Waals surface area contributed by atoms with Gasteiger partial charge in [0.25, 0.3) is 5.91 Å². The number of nitrogens with one attached hydrogen (secondary N) is 2. The SMILES string of the molecule is O=C(Nc1cccc(F)c1)c1ccc2c(c1)NC(=O)[C@@H]1CCCN21. The van der Waals surface area contributed by atoms with Crippen LogP contribution < -0.4 is 15.5 Å². The minimum atomic E-state index is -0.412. The molecule has 1 atom stereocenters. The summed E-state index contributed by atoms with van der Waals surface area (Å²) in [6.07, 6.45) is 1.84. The molecule has 0 bridgehead atoms. The molecule has 2 heterocycles. The zero-order valence-corrected chi connectivity index (χ0v) is 12.9. The van der Waals surface area contributed by atoms with Crippen LogP contribution in [-0.2, 0) is 4.79 Å². The highest BCUT2D eigenvalue weighted by atomic mass is 19.1. The molecule has 0 radical (unpaired) electrons. The fourth-order valence-electron chi connectivity index (χ4n) is 3.34. The number of carbonyl (C=O) groups excluding carboxylic acids is 2. The molecule has 24 heavy (non-hydrogen) atoms. The van der Waals surface area contributed by atoms with E-state index in [1.807, 2.05) is 6.07 Å². The molecule has 2 amide bonds. The maximum Gasteiger partial charge on any atom is 0.255 e. The van der Waals surface area contributed by atoms with Gasteiger partial charge >= 0.3 is 0 Å². The van der Waals surface area contributed by atoms with E-state index in [9.17, 15) is 14.0 Å². The van der Waals surface area contributed by atoms with Crippen LogP contribution in [0.15, 0.2) is 42.5 Å². The van der Waals surface area contributed by atoms with Gasteiger partial charge in [0, 0.05) is 17.8 Å². The van der Waals surface area contributed by atoms with Crippen molar-refractivity contribution in [1.29, 1.82) is 0 Å². The van der Waals surface area contributed by atoms with Gasteiger partial charge in [-0.05, 0) is 49.2 Å². The van der Waals surface area contributed by atoms with Crippen LogP contribution in [0.4, 0.5) is 21.5 Å². The van der Waals surface area contributed by atoms with E-state index in [-0.39, 0.29) is 17.9 Å². The summed E-state index contributed by atoms with van der Waals surface area (Å²) in [5.41, 5.74) is 2.39. The molecule has 6 heteroatoms. The van der Waals surface area contributed by atoms with E-state index >= 15 is 0 Å². The molecule has 0 saturated carbocycles. The molecule has 5 nitrogen and oxygen atoms in total. The molecule has 0 spiro atoms. The third-order valence-electron chi connectivity index (χ3n) is 4.46. The van der Waals surface area contributed by atoms with Crippen LogP contribution in [-0.4, -0.2) is 24.4 Å². The Morgan fingerprint density at radius 3 is 2.96 bits per heavy atom. The molecule has 4 rings (SSSR count). The molecular weight excluding hydrogens is 309 g/mol. The Kier molecular flexibility index (Phi) is 3.45. The van der Waals surface area contributed by atoms with E-state index in [4.69, 9.17) is 0 Å². The summed E-state index contributed by atoms with van der Waals surface area (Å²) < 4.78 is 13.2. The van der Waals surface area contributed by atoms with Gasteiger partial charge in [-0.15, -0.1) is 0 Å². The van der Waals surface area contributed by atoms with Crippen molar-refractivity contribution in [2.75, 3.05) is 22.1 Å². The number of benzene rings is 2. The lowest BCUT2D eigenvalue weighted by Gasteiger charge is -2.33. The van der Waals surface area contributed by atoms with Crippen LogP contribution in [0, 0.1) is 5.82 Å². The molecule has 1 saturated heterocycles. The van der Waals surface area contributed by atoms with Gasteiger partial charge in [0.05, 0.1) is 11.4 Å². The third-order valence-corrected chi connectivity index (χ3v) is 4.46. The molecule has 2 aliphatic rings. The summed E-state index contributed by atoms with van der Waals surface area (Å²) in [7, 11) is 0. The molecule has 0 unspecified atom stereocenters. The van der Waals surface area contributed by atoms with E-state index in [2.05, 4.69) is 15.5 Å². The monoisotopic (exact) mass is 325 g/mol. The smallest absolute Gasteiger partial charge is 0.255 e. The van der Waals surface area contributed by atoms with Gasteiger partial charge in [0.1, 0.15) is 11.9 Å². The van der Waals surface area contributed by atoms with Crippen LogP contribution >= 0.6 is 0 Å². The van der Waals surface area contributed by atoms with Gasteiger partial charge < -0.3 is 15.5 Å². The number of hydrogen-bond donors (Lipinski definition) is 2. The zero-order valence-electron chi connectivity index (χ0n) is 12.9. The first-order chi connectivity index (χ1) is 11.6. The fourth-order valence-corrected chi connectivity index (χ4v) is 3.34. The van der Waals surface area contributed by atoms with Crippen LogP contribution in [0.25, 0.3) is 0 Å². The number of fused-ring (bicyclic) bond motifs is 3. The first kappa shape index (κ1) is 14.7. The Balaban J connectivity index is 1.60. The second-order valence-electron chi connectivity index (χ2n) is 6.04. The molecule has 2 N–H and O–H groups in total. The number of halogens is 1. The van der Waals surface area contributed by atoms with Crippen molar-refractivity contribution in [3.05, 3.63) is 53.8 Å². The van der Waals surface area contributed by atoms with Gasteiger partial charge in [-0.1, -0.05) is 6.07 Å². The van der Waals surface area contributed by atoms with Crippen molar-refractivity contribution in [2.45, 2.75) is 18.9 Å². The molecule has 2 aliphatic heterocycles. The highest BCUT2D eigenvalue weighted by molar-refractivity contribution is 6.08. The van der Waals surface area contributed by atoms with Gasteiger partial charge in [-0.2, -0.15) is 0 Å². The lowest BCUT2D eigenvalue weighted by Crippen LogP contribution is -2.43. The number of hydrogen-bond acceptors (Lipinski definition) is 3. The summed E-state index contributed by atoms with van der Waals surface area (Å²) >= 11 is 0. The molecule has 2 aromatic rings. The number of amides is 2. The predicted molar refractivity (Wildman–Crippen MR) is 89.8 cm³/mol. The summed E-state index contributed by atoms with van der Waals surface area (Å²) in [5, 5.41) is 5.54. The number of rotatable bonds is 2. The largest absolute Gasteiger partial charge is 0.358 e. The quantitative estimate of drug-likeness (QED) is 0.892. The average molecular weight is 325 g/mol. The lowest BCUT2D eigenvalue weighted by atomic mass is 10.1. The van der Waals surface area contributed by atoms with Crippen molar-refractivity contribution < 1.29 is 14.0 Å². The van der Waals surface area contributed by atoms with E-state index in [1.165, 1.54) is 18.2 Å². The van der Waals surface area contributed by atoms with Crippen molar-refractivity contribution in [3.63, 3.8) is 0 Å². The van der Waals surface area contributed by atoms with Gasteiger partial charge in [0.2, 0.25) is 5.91 Å². The van der Waals surface area contributed by atoms with Crippen LogP contribution in [0.2, 0.25) is 0 Å².